The van der Waals surface area contributed by atoms with Crippen LogP contribution < -0.4 is 5.01 Å². The fraction of sp³-hybridized carbons (Fsp3) is 0.105. The lowest BCUT2D eigenvalue weighted by molar-refractivity contribution is -0.117. The van der Waals surface area contributed by atoms with Crippen molar-refractivity contribution in [1.82, 2.24) is 10.2 Å². The Hall–Kier alpha value is -3.61. The Morgan fingerprint density at radius 3 is 2.46 bits per heavy atom. The van der Waals surface area contributed by atoms with Crippen LogP contribution in [-0.2, 0) is 4.79 Å². The number of carbonyl (C=O) groups excluding carboxylic acids is 1. The van der Waals surface area contributed by atoms with E-state index in [0.717, 1.165) is 11.3 Å². The molecule has 128 valence electrons. The number of azo groups is 1. The number of aromatic amines is 1. The predicted molar refractivity (Wildman–Crippen MR) is 99.4 cm³/mol. The highest BCUT2D eigenvalue weighted by Crippen LogP contribution is 2.24. The Kier molecular flexibility index (Phi) is 4.10. The monoisotopic (exact) mass is 344 g/mol. The number of amides is 1. The Morgan fingerprint density at radius 1 is 1.04 bits per heavy atom. The zero-order valence-electron chi connectivity index (χ0n) is 14.1. The van der Waals surface area contributed by atoms with Crippen molar-refractivity contribution in [1.29, 1.82) is 0 Å². The summed E-state index contributed by atoms with van der Waals surface area (Å²) in [6.07, 6.45) is 0. The molecule has 0 fully saturated rings. The van der Waals surface area contributed by atoms with Gasteiger partial charge in [0.25, 0.3) is 5.91 Å². The minimum atomic E-state index is -0.730. The summed E-state index contributed by atoms with van der Waals surface area (Å²) in [4.78, 5) is 12.6. The molecule has 0 radical (unpaired) electrons. The van der Waals surface area contributed by atoms with Gasteiger partial charge in [-0.05, 0) is 24.6 Å². The SMILES string of the molecule is CC1=NN(c2ccccc2)C(=O)[C@@H]1N=Nc1cc(-c2ccccc2)[nH]n1. The lowest BCUT2D eigenvalue weighted by Gasteiger charge is -2.11. The zero-order valence-corrected chi connectivity index (χ0v) is 14.1. The van der Waals surface area contributed by atoms with E-state index < -0.39 is 6.04 Å². The predicted octanol–water partition coefficient (Wildman–Crippen LogP) is 3.95. The van der Waals surface area contributed by atoms with E-state index in [4.69, 9.17) is 0 Å². The summed E-state index contributed by atoms with van der Waals surface area (Å²) >= 11 is 0. The lowest BCUT2D eigenvalue weighted by Crippen LogP contribution is -2.29. The van der Waals surface area contributed by atoms with Gasteiger partial charge in [-0.1, -0.05) is 48.5 Å². The van der Waals surface area contributed by atoms with E-state index in [0.29, 0.717) is 17.2 Å². The fourth-order valence-electron chi connectivity index (χ4n) is 2.69. The molecule has 2 aromatic carbocycles. The van der Waals surface area contributed by atoms with E-state index in [1.54, 1.807) is 13.0 Å². The van der Waals surface area contributed by atoms with E-state index >= 15 is 0 Å². The molecule has 0 saturated heterocycles. The molecule has 1 aromatic heterocycles. The van der Waals surface area contributed by atoms with Crippen LogP contribution >= 0.6 is 0 Å². The highest BCUT2D eigenvalue weighted by atomic mass is 16.2. The van der Waals surface area contributed by atoms with E-state index in [1.165, 1.54) is 5.01 Å². The molecule has 3 aromatic rings. The van der Waals surface area contributed by atoms with Crippen LogP contribution in [0.5, 0.6) is 0 Å². The summed E-state index contributed by atoms with van der Waals surface area (Å²) < 4.78 is 0. The van der Waals surface area contributed by atoms with Crippen molar-refractivity contribution in [2.24, 2.45) is 15.3 Å². The normalized spacial score (nSPS) is 17.1. The van der Waals surface area contributed by atoms with Crippen LogP contribution in [0.4, 0.5) is 11.5 Å². The minimum absolute atomic E-state index is 0.226. The van der Waals surface area contributed by atoms with Crippen LogP contribution in [-0.4, -0.2) is 27.9 Å². The van der Waals surface area contributed by atoms with Gasteiger partial charge in [-0.2, -0.15) is 20.3 Å². The molecule has 0 bridgehead atoms. The summed E-state index contributed by atoms with van der Waals surface area (Å²) in [5.74, 6) is 0.193. The molecule has 0 saturated carbocycles. The summed E-state index contributed by atoms with van der Waals surface area (Å²) in [6, 6.07) is 20.1. The molecule has 1 aliphatic heterocycles. The average molecular weight is 344 g/mol. The second-order valence-corrected chi connectivity index (χ2v) is 5.85. The maximum Gasteiger partial charge on any atom is 0.280 e. The highest BCUT2D eigenvalue weighted by Gasteiger charge is 2.34. The lowest BCUT2D eigenvalue weighted by atomic mass is 10.2. The van der Waals surface area contributed by atoms with Gasteiger partial charge in [0.1, 0.15) is 0 Å². The van der Waals surface area contributed by atoms with Crippen molar-refractivity contribution < 1.29 is 4.79 Å². The fourth-order valence-corrected chi connectivity index (χ4v) is 2.69. The van der Waals surface area contributed by atoms with Crippen LogP contribution in [0.15, 0.2) is 82.1 Å². The third-order valence-corrected chi connectivity index (χ3v) is 4.02. The minimum Gasteiger partial charge on any atom is -0.276 e. The second kappa shape index (κ2) is 6.72. The molecular weight excluding hydrogens is 328 g/mol. The molecule has 1 amide bonds. The number of rotatable bonds is 4. The molecule has 0 spiro atoms. The molecule has 0 unspecified atom stereocenters. The Balaban J connectivity index is 1.52. The first kappa shape index (κ1) is 15.9. The molecule has 26 heavy (non-hydrogen) atoms. The van der Waals surface area contributed by atoms with Crippen molar-refractivity contribution in [3.8, 4) is 11.3 Å². The highest BCUT2D eigenvalue weighted by molar-refractivity contribution is 6.18. The van der Waals surface area contributed by atoms with Crippen molar-refractivity contribution >= 4 is 23.1 Å². The Bertz CT molecular complexity index is 978. The topological polar surface area (TPSA) is 86.1 Å². The van der Waals surface area contributed by atoms with Gasteiger partial charge in [0.15, 0.2) is 11.9 Å². The average Bonchev–Trinajstić information content (AvgIpc) is 3.26. The van der Waals surface area contributed by atoms with Gasteiger partial charge < -0.3 is 0 Å². The molecule has 4 rings (SSSR count). The number of nitrogens with zero attached hydrogens (tertiary/aromatic N) is 5. The van der Waals surface area contributed by atoms with Crippen LogP contribution in [0, 0.1) is 0 Å². The van der Waals surface area contributed by atoms with Gasteiger partial charge in [-0.25, -0.2) is 0 Å². The first-order chi connectivity index (χ1) is 12.7. The smallest absolute Gasteiger partial charge is 0.276 e. The summed E-state index contributed by atoms with van der Waals surface area (Å²) in [5, 5.41) is 21.0. The summed E-state index contributed by atoms with van der Waals surface area (Å²) in [5.41, 5.74) is 3.15. The second-order valence-electron chi connectivity index (χ2n) is 5.85. The van der Waals surface area contributed by atoms with Crippen LogP contribution in [0.2, 0.25) is 0 Å². The molecule has 7 heteroatoms. The largest absolute Gasteiger partial charge is 0.280 e. The van der Waals surface area contributed by atoms with Crippen molar-refractivity contribution in [3.05, 3.63) is 66.7 Å². The van der Waals surface area contributed by atoms with Crippen LogP contribution in [0.1, 0.15) is 6.92 Å². The summed E-state index contributed by atoms with van der Waals surface area (Å²) in [6.45, 7) is 1.77. The maximum absolute atomic E-state index is 12.6. The molecular formula is C19H16N6O. The number of benzene rings is 2. The molecule has 0 aliphatic carbocycles. The first-order valence-corrected chi connectivity index (χ1v) is 8.18. The van der Waals surface area contributed by atoms with Crippen molar-refractivity contribution in [2.45, 2.75) is 13.0 Å². The van der Waals surface area contributed by atoms with Gasteiger partial charge in [-0.15, -0.1) is 5.11 Å². The third kappa shape index (κ3) is 3.02. The van der Waals surface area contributed by atoms with Crippen molar-refractivity contribution in [3.63, 3.8) is 0 Å². The van der Waals surface area contributed by atoms with Gasteiger partial charge in [-0.3, -0.25) is 9.89 Å². The number of nitrogens with one attached hydrogen (secondary N) is 1. The number of hydrogen-bond acceptors (Lipinski definition) is 5. The quantitative estimate of drug-likeness (QED) is 0.727. The van der Waals surface area contributed by atoms with Crippen LogP contribution in [0.25, 0.3) is 11.3 Å². The van der Waals surface area contributed by atoms with E-state index in [2.05, 4.69) is 25.5 Å². The molecule has 7 nitrogen and oxygen atoms in total. The molecule has 1 atom stereocenters. The van der Waals surface area contributed by atoms with E-state index in [-0.39, 0.29) is 5.91 Å². The third-order valence-electron chi connectivity index (χ3n) is 4.02. The number of aromatic nitrogens is 2. The summed E-state index contributed by atoms with van der Waals surface area (Å²) in [7, 11) is 0. The molecule has 2 heterocycles. The molecule has 1 N–H and O–H groups in total. The standard InChI is InChI=1S/C19H16N6O/c1-13-18(19(26)25(24-13)15-10-6-3-7-11-15)23-22-17-12-16(20-21-17)14-8-4-2-5-9-14/h2-12,18H,1H3,(H,20,21)/t18-/m1/s1. The number of H-pyrrole nitrogens is 1. The Morgan fingerprint density at radius 2 is 1.73 bits per heavy atom. The number of para-hydroxylation sites is 1. The van der Waals surface area contributed by atoms with E-state index in [1.807, 2.05) is 60.7 Å². The van der Waals surface area contributed by atoms with Gasteiger partial charge in [0.05, 0.1) is 17.1 Å². The first-order valence-electron chi connectivity index (χ1n) is 8.18. The van der Waals surface area contributed by atoms with Gasteiger partial charge >= 0.3 is 0 Å². The molecule has 1 aliphatic rings. The Labute approximate surface area is 150 Å². The number of anilines is 1. The number of hydrogen-bond donors (Lipinski definition) is 1. The van der Waals surface area contributed by atoms with Gasteiger partial charge in [0, 0.05) is 6.07 Å². The number of carbonyl (C=O) groups is 1. The number of hydrazone groups is 1. The van der Waals surface area contributed by atoms with Crippen LogP contribution in [0.3, 0.4) is 0 Å². The maximum atomic E-state index is 12.6. The zero-order chi connectivity index (χ0) is 17.9. The van der Waals surface area contributed by atoms with Gasteiger partial charge in [0.2, 0.25) is 0 Å². The van der Waals surface area contributed by atoms with E-state index in [9.17, 15) is 4.79 Å². The van der Waals surface area contributed by atoms with Crippen molar-refractivity contribution in [2.75, 3.05) is 5.01 Å².